The van der Waals surface area contributed by atoms with Gasteiger partial charge in [0, 0.05) is 21.7 Å². The van der Waals surface area contributed by atoms with Crippen LogP contribution in [0.25, 0.3) is 28.2 Å². The van der Waals surface area contributed by atoms with E-state index in [1.807, 2.05) is 67.6 Å². The zero-order valence-corrected chi connectivity index (χ0v) is 20.9. The topological polar surface area (TPSA) is 64.4 Å². The van der Waals surface area contributed by atoms with Crippen LogP contribution in [0.5, 0.6) is 5.75 Å². The molecule has 1 aromatic heterocycles. The molecule has 0 unspecified atom stereocenters. The number of hydrogen-bond donors (Lipinski definition) is 0. The van der Waals surface area contributed by atoms with Crippen molar-refractivity contribution >= 4 is 56.7 Å². The van der Waals surface area contributed by atoms with Crippen molar-refractivity contribution in [3.8, 4) is 11.4 Å². The van der Waals surface area contributed by atoms with Gasteiger partial charge in [-0.1, -0.05) is 31.2 Å². The summed E-state index contributed by atoms with van der Waals surface area (Å²) in [6.45, 7) is 2.67. The number of halogens is 1. The Balaban J connectivity index is 1.80. The molecule has 2 heterocycles. The van der Waals surface area contributed by atoms with Gasteiger partial charge in [0.05, 0.1) is 35.0 Å². The second kappa shape index (κ2) is 9.06. The summed E-state index contributed by atoms with van der Waals surface area (Å²) < 4.78 is 7.88. The maximum absolute atomic E-state index is 13.7. The van der Waals surface area contributed by atoms with Crippen molar-refractivity contribution < 1.29 is 9.53 Å². The third-order valence-electron chi connectivity index (χ3n) is 5.85. The van der Waals surface area contributed by atoms with Crippen LogP contribution in [0.3, 0.4) is 0 Å². The van der Waals surface area contributed by atoms with Gasteiger partial charge in [-0.05, 0) is 71.5 Å². The van der Waals surface area contributed by atoms with Gasteiger partial charge in [0.1, 0.15) is 11.6 Å². The van der Waals surface area contributed by atoms with Crippen molar-refractivity contribution in [3.63, 3.8) is 0 Å². The molecular formula is C27H22IN3O3. The summed E-state index contributed by atoms with van der Waals surface area (Å²) in [6, 6.07) is 20.6. The van der Waals surface area contributed by atoms with E-state index in [2.05, 4.69) is 22.6 Å². The monoisotopic (exact) mass is 563 g/mol. The Morgan fingerprint density at radius 3 is 2.65 bits per heavy atom. The molecule has 3 aromatic carbocycles. The first-order valence-corrected chi connectivity index (χ1v) is 12.1. The molecule has 0 radical (unpaired) electrons. The Hall–Kier alpha value is -3.46. The van der Waals surface area contributed by atoms with Crippen molar-refractivity contribution in [3.05, 3.63) is 92.0 Å². The average Bonchev–Trinajstić information content (AvgIpc) is 3.11. The summed E-state index contributed by atoms with van der Waals surface area (Å²) in [7, 11) is 1.59. The summed E-state index contributed by atoms with van der Waals surface area (Å²) in [4.78, 5) is 33.8. The number of carbonyl (C=O) groups is 1. The third kappa shape index (κ3) is 3.79. The zero-order valence-electron chi connectivity index (χ0n) is 18.8. The van der Waals surface area contributed by atoms with E-state index in [9.17, 15) is 9.59 Å². The normalized spacial score (nSPS) is 14.1. The fraction of sp³-hybridized carbons (Fsp3) is 0.148. The Labute approximate surface area is 210 Å². The van der Waals surface area contributed by atoms with Gasteiger partial charge < -0.3 is 9.64 Å². The lowest BCUT2D eigenvalue weighted by molar-refractivity contribution is -0.113. The molecule has 5 rings (SSSR count). The van der Waals surface area contributed by atoms with E-state index >= 15 is 0 Å². The van der Waals surface area contributed by atoms with Crippen LogP contribution in [-0.2, 0) is 4.79 Å². The van der Waals surface area contributed by atoms with Crippen molar-refractivity contribution in [2.24, 2.45) is 0 Å². The molecule has 6 nitrogen and oxygen atoms in total. The van der Waals surface area contributed by atoms with Crippen LogP contribution >= 0.6 is 22.6 Å². The molecule has 34 heavy (non-hydrogen) atoms. The third-order valence-corrected chi connectivity index (χ3v) is 6.52. The van der Waals surface area contributed by atoms with Crippen LogP contribution < -0.4 is 15.2 Å². The number of carbonyl (C=O) groups excluding carboxylic acids is 1. The van der Waals surface area contributed by atoms with Crippen LogP contribution in [0.1, 0.15) is 24.7 Å². The van der Waals surface area contributed by atoms with E-state index in [0.717, 1.165) is 21.2 Å². The molecule has 0 saturated carbocycles. The minimum absolute atomic E-state index is 0.0859. The van der Waals surface area contributed by atoms with Gasteiger partial charge in [-0.3, -0.25) is 14.2 Å². The molecule has 0 atom stereocenters. The number of fused-ring (bicyclic) bond motifs is 2. The summed E-state index contributed by atoms with van der Waals surface area (Å²) in [6.07, 6.45) is 2.57. The molecule has 1 aliphatic heterocycles. The number of methoxy groups -OCH3 is 1. The summed E-state index contributed by atoms with van der Waals surface area (Å²) in [5, 5.41) is 0.516. The molecule has 0 spiro atoms. The van der Waals surface area contributed by atoms with Crippen LogP contribution in [0.4, 0.5) is 5.69 Å². The number of nitrogens with zero attached hydrogens (tertiary/aromatic N) is 3. The average molecular weight is 563 g/mol. The van der Waals surface area contributed by atoms with Crippen LogP contribution in [0.2, 0.25) is 0 Å². The van der Waals surface area contributed by atoms with E-state index in [4.69, 9.17) is 9.72 Å². The van der Waals surface area contributed by atoms with Gasteiger partial charge in [0.25, 0.3) is 11.5 Å². The largest absolute Gasteiger partial charge is 0.497 e. The SMILES string of the molecule is CCCN1C(=O)/C(=C/c2nc3ccc(I)cc3c(=O)n2-c2cccc(OC)c2)c2ccccc21. The number of aromatic nitrogens is 2. The smallest absolute Gasteiger partial charge is 0.266 e. The van der Waals surface area contributed by atoms with Gasteiger partial charge in [-0.15, -0.1) is 0 Å². The van der Waals surface area contributed by atoms with E-state index in [-0.39, 0.29) is 11.5 Å². The molecule has 1 amide bonds. The van der Waals surface area contributed by atoms with Crippen LogP contribution in [-0.4, -0.2) is 29.1 Å². The number of anilines is 1. The van der Waals surface area contributed by atoms with E-state index < -0.39 is 0 Å². The Bertz CT molecular complexity index is 1520. The van der Waals surface area contributed by atoms with Gasteiger partial charge in [0.15, 0.2) is 0 Å². The van der Waals surface area contributed by atoms with Gasteiger partial charge in [-0.25, -0.2) is 4.98 Å². The summed E-state index contributed by atoms with van der Waals surface area (Å²) in [5.74, 6) is 0.933. The molecule has 0 aliphatic carbocycles. The number of benzene rings is 3. The number of amides is 1. The molecule has 0 N–H and O–H groups in total. The fourth-order valence-electron chi connectivity index (χ4n) is 4.29. The number of ether oxygens (including phenoxy) is 1. The lowest BCUT2D eigenvalue weighted by Crippen LogP contribution is -2.27. The highest BCUT2D eigenvalue weighted by molar-refractivity contribution is 14.1. The highest BCUT2D eigenvalue weighted by Gasteiger charge is 2.32. The molecule has 170 valence electrons. The molecular weight excluding hydrogens is 541 g/mol. The Kier molecular flexibility index (Phi) is 5.95. The second-order valence-electron chi connectivity index (χ2n) is 8.01. The lowest BCUT2D eigenvalue weighted by Gasteiger charge is -2.15. The fourth-order valence-corrected chi connectivity index (χ4v) is 4.78. The molecule has 0 bridgehead atoms. The minimum atomic E-state index is -0.201. The predicted molar refractivity (Wildman–Crippen MR) is 144 cm³/mol. The molecule has 4 aromatic rings. The Morgan fingerprint density at radius 1 is 1.03 bits per heavy atom. The van der Waals surface area contributed by atoms with Crippen LogP contribution in [0.15, 0.2) is 71.5 Å². The van der Waals surface area contributed by atoms with Gasteiger partial charge in [0.2, 0.25) is 0 Å². The quantitative estimate of drug-likeness (QED) is 0.245. The highest BCUT2D eigenvalue weighted by atomic mass is 127. The Morgan fingerprint density at radius 2 is 1.85 bits per heavy atom. The van der Waals surface area contributed by atoms with Crippen molar-refractivity contribution in [1.29, 1.82) is 0 Å². The first-order valence-electron chi connectivity index (χ1n) is 11.0. The second-order valence-corrected chi connectivity index (χ2v) is 9.25. The maximum Gasteiger partial charge on any atom is 0.266 e. The number of para-hydroxylation sites is 1. The summed E-state index contributed by atoms with van der Waals surface area (Å²) >= 11 is 2.19. The van der Waals surface area contributed by atoms with E-state index in [1.54, 1.807) is 28.7 Å². The lowest BCUT2D eigenvalue weighted by atomic mass is 10.1. The standard InChI is InChI=1S/C27H22IN3O3/c1-3-13-30-24-10-5-4-9-20(24)21(26(30)32)16-25-29-23-12-11-17(28)14-22(23)27(33)31(25)18-7-6-8-19(15-18)34-2/h4-12,14-16H,3,13H2,1-2H3/b21-16+. The maximum atomic E-state index is 13.7. The van der Waals surface area contributed by atoms with Crippen molar-refractivity contribution in [1.82, 2.24) is 9.55 Å². The molecule has 0 fully saturated rings. The van der Waals surface area contributed by atoms with E-state index in [1.165, 1.54) is 0 Å². The zero-order chi connectivity index (χ0) is 23.8. The van der Waals surface area contributed by atoms with Crippen molar-refractivity contribution in [2.75, 3.05) is 18.6 Å². The molecule has 7 heteroatoms. The van der Waals surface area contributed by atoms with Gasteiger partial charge in [-0.2, -0.15) is 0 Å². The van der Waals surface area contributed by atoms with Gasteiger partial charge >= 0.3 is 0 Å². The first-order chi connectivity index (χ1) is 16.5. The first kappa shape index (κ1) is 22.3. The predicted octanol–water partition coefficient (Wildman–Crippen LogP) is 5.30. The van der Waals surface area contributed by atoms with Crippen LogP contribution in [0, 0.1) is 3.57 Å². The number of hydrogen-bond acceptors (Lipinski definition) is 4. The number of rotatable bonds is 5. The van der Waals surface area contributed by atoms with E-state index in [0.29, 0.717) is 40.3 Å². The molecule has 0 saturated heterocycles. The molecule has 1 aliphatic rings. The van der Waals surface area contributed by atoms with Crippen molar-refractivity contribution in [2.45, 2.75) is 13.3 Å². The minimum Gasteiger partial charge on any atom is -0.497 e. The summed E-state index contributed by atoms with van der Waals surface area (Å²) in [5.41, 5.74) is 3.25. The highest BCUT2D eigenvalue weighted by Crippen LogP contribution is 2.37.